The number of hydrogen-bond acceptors (Lipinski definition) is 9. The van der Waals surface area contributed by atoms with Gasteiger partial charge in [-0.3, -0.25) is 30.3 Å². The zero-order valence-electron chi connectivity index (χ0n) is 19.9. The van der Waals surface area contributed by atoms with E-state index in [1.807, 2.05) is 0 Å². The van der Waals surface area contributed by atoms with Gasteiger partial charge in [-0.15, -0.1) is 0 Å². The summed E-state index contributed by atoms with van der Waals surface area (Å²) in [6.45, 7) is 7.88. The SMILES string of the molecule is COC(=O)C1=C(C)N(C(=O)C(N)(O)CC(=O)OC(C)(C)C)C(C)=CC1c1cccc([N+](=O)[O-])c1. The van der Waals surface area contributed by atoms with Crippen molar-refractivity contribution in [3.05, 3.63) is 63.0 Å². The summed E-state index contributed by atoms with van der Waals surface area (Å²) in [6, 6.07) is 5.73. The number of benzene rings is 1. The minimum absolute atomic E-state index is 0.0232. The summed E-state index contributed by atoms with van der Waals surface area (Å²) < 4.78 is 10.0. The molecule has 0 saturated heterocycles. The van der Waals surface area contributed by atoms with Gasteiger partial charge in [0.05, 0.1) is 24.0 Å². The fourth-order valence-corrected chi connectivity index (χ4v) is 3.67. The summed E-state index contributed by atoms with van der Waals surface area (Å²) in [6.07, 6.45) is 0.710. The molecule has 0 saturated carbocycles. The molecule has 0 bridgehead atoms. The Bertz CT molecular complexity index is 1080. The summed E-state index contributed by atoms with van der Waals surface area (Å²) in [4.78, 5) is 49.8. The highest BCUT2D eigenvalue weighted by Gasteiger charge is 2.43. The first-order valence-electron chi connectivity index (χ1n) is 10.4. The number of nitro benzene ring substituents is 1. The maximum Gasteiger partial charge on any atom is 0.336 e. The number of rotatable bonds is 6. The topological polar surface area (TPSA) is 162 Å². The highest BCUT2D eigenvalue weighted by molar-refractivity contribution is 5.96. The van der Waals surface area contributed by atoms with E-state index in [1.54, 1.807) is 33.8 Å². The van der Waals surface area contributed by atoms with Crippen molar-refractivity contribution in [1.82, 2.24) is 4.90 Å². The molecular weight excluding hydrogens is 446 g/mol. The largest absolute Gasteiger partial charge is 0.466 e. The van der Waals surface area contributed by atoms with Gasteiger partial charge in [-0.25, -0.2) is 4.79 Å². The Morgan fingerprint density at radius 1 is 1.24 bits per heavy atom. The van der Waals surface area contributed by atoms with E-state index in [4.69, 9.17) is 15.2 Å². The van der Waals surface area contributed by atoms with E-state index in [9.17, 15) is 29.6 Å². The second-order valence-corrected chi connectivity index (χ2v) is 8.96. The molecule has 1 amide bonds. The van der Waals surface area contributed by atoms with Crippen molar-refractivity contribution in [1.29, 1.82) is 0 Å². The number of carbonyl (C=O) groups excluding carboxylic acids is 3. The summed E-state index contributed by atoms with van der Waals surface area (Å²) in [5.41, 5.74) is 3.01. The monoisotopic (exact) mass is 475 g/mol. The van der Waals surface area contributed by atoms with Crippen molar-refractivity contribution >= 4 is 23.5 Å². The predicted octanol–water partition coefficient (Wildman–Crippen LogP) is 2.25. The average molecular weight is 475 g/mol. The van der Waals surface area contributed by atoms with Crippen LogP contribution >= 0.6 is 0 Å². The molecule has 0 aromatic heterocycles. The van der Waals surface area contributed by atoms with Crippen molar-refractivity contribution in [2.45, 2.75) is 58.3 Å². The van der Waals surface area contributed by atoms with Gasteiger partial charge >= 0.3 is 11.9 Å². The molecule has 2 rings (SSSR count). The number of nitrogens with two attached hydrogens (primary N) is 1. The number of allylic oxidation sites excluding steroid dienone is 3. The smallest absolute Gasteiger partial charge is 0.336 e. The molecule has 0 fully saturated rings. The van der Waals surface area contributed by atoms with Crippen LogP contribution in [0.15, 0.2) is 47.3 Å². The number of non-ortho nitro benzene ring substituents is 1. The van der Waals surface area contributed by atoms with Crippen molar-refractivity contribution in [2.24, 2.45) is 5.73 Å². The normalized spacial score (nSPS) is 18.1. The zero-order valence-corrected chi connectivity index (χ0v) is 19.9. The second-order valence-electron chi connectivity index (χ2n) is 8.96. The molecule has 0 aliphatic carbocycles. The third-order valence-corrected chi connectivity index (χ3v) is 5.05. The molecule has 184 valence electrons. The van der Waals surface area contributed by atoms with E-state index in [2.05, 4.69) is 0 Å². The Kier molecular flexibility index (Phi) is 7.64. The molecule has 0 radical (unpaired) electrons. The van der Waals surface area contributed by atoms with Gasteiger partial charge in [0.25, 0.3) is 11.6 Å². The lowest BCUT2D eigenvalue weighted by Gasteiger charge is -2.36. The second kappa shape index (κ2) is 9.74. The van der Waals surface area contributed by atoms with Crippen LogP contribution in [0.5, 0.6) is 0 Å². The number of methoxy groups -OCH3 is 1. The van der Waals surface area contributed by atoms with Gasteiger partial charge in [-0.05, 0) is 40.2 Å². The number of nitro groups is 1. The van der Waals surface area contributed by atoms with Gasteiger partial charge in [-0.2, -0.15) is 0 Å². The predicted molar refractivity (Wildman–Crippen MR) is 121 cm³/mol. The lowest BCUT2D eigenvalue weighted by Crippen LogP contribution is -2.56. The summed E-state index contributed by atoms with van der Waals surface area (Å²) in [5, 5.41) is 21.9. The van der Waals surface area contributed by atoms with Crippen molar-refractivity contribution in [3.63, 3.8) is 0 Å². The molecule has 1 aromatic rings. The summed E-state index contributed by atoms with van der Waals surface area (Å²) >= 11 is 0. The van der Waals surface area contributed by atoms with Crippen LogP contribution in [0.3, 0.4) is 0 Å². The molecule has 1 heterocycles. The average Bonchev–Trinajstić information content (AvgIpc) is 2.70. The van der Waals surface area contributed by atoms with Gasteiger partial charge in [0.15, 0.2) is 0 Å². The first kappa shape index (κ1) is 26.7. The van der Waals surface area contributed by atoms with Gasteiger partial charge < -0.3 is 14.6 Å². The third-order valence-electron chi connectivity index (χ3n) is 5.05. The van der Waals surface area contributed by atoms with Gasteiger partial charge in [0.2, 0.25) is 5.72 Å². The van der Waals surface area contributed by atoms with Crippen LogP contribution in [0.1, 0.15) is 52.5 Å². The highest BCUT2D eigenvalue weighted by Crippen LogP contribution is 2.38. The van der Waals surface area contributed by atoms with Gasteiger partial charge in [-0.1, -0.05) is 18.2 Å². The Balaban J connectivity index is 2.51. The molecule has 3 N–H and O–H groups in total. The van der Waals surface area contributed by atoms with Crippen LogP contribution in [0.4, 0.5) is 5.69 Å². The standard InChI is InChI=1S/C23H29N3O8/c1-13-10-17(15-8-7-9-16(11-15)26(31)32)19(20(28)33-6)14(2)25(13)21(29)23(24,30)12-18(27)34-22(3,4)5/h7-11,17,30H,12,24H2,1-6H3. The maximum atomic E-state index is 13.2. The molecule has 2 atom stereocenters. The van der Waals surface area contributed by atoms with Crippen LogP contribution in [0.2, 0.25) is 0 Å². The molecule has 1 aliphatic rings. The van der Waals surface area contributed by atoms with E-state index >= 15 is 0 Å². The van der Waals surface area contributed by atoms with E-state index in [1.165, 1.54) is 31.2 Å². The number of esters is 2. The Hall–Kier alpha value is -3.57. The molecule has 2 unspecified atom stereocenters. The van der Waals surface area contributed by atoms with Crippen LogP contribution in [0, 0.1) is 10.1 Å². The number of aliphatic hydroxyl groups is 1. The first-order chi connectivity index (χ1) is 15.6. The first-order valence-corrected chi connectivity index (χ1v) is 10.4. The van der Waals surface area contributed by atoms with E-state index in [0.717, 1.165) is 12.0 Å². The van der Waals surface area contributed by atoms with Gasteiger partial charge in [0, 0.05) is 29.4 Å². The Morgan fingerprint density at radius 3 is 2.38 bits per heavy atom. The zero-order chi connectivity index (χ0) is 26.0. The van der Waals surface area contributed by atoms with E-state index in [0.29, 0.717) is 11.3 Å². The lowest BCUT2D eigenvalue weighted by atomic mass is 9.85. The number of amides is 1. The minimum Gasteiger partial charge on any atom is -0.466 e. The van der Waals surface area contributed by atoms with Crippen molar-refractivity contribution < 1.29 is 33.9 Å². The quantitative estimate of drug-likeness (QED) is 0.272. The Morgan fingerprint density at radius 2 is 1.85 bits per heavy atom. The third kappa shape index (κ3) is 5.86. The number of hydrogen-bond donors (Lipinski definition) is 2. The Labute approximate surface area is 197 Å². The van der Waals surface area contributed by atoms with Crippen molar-refractivity contribution in [2.75, 3.05) is 7.11 Å². The number of ether oxygens (including phenoxy) is 2. The molecule has 11 nitrogen and oxygen atoms in total. The molecule has 1 aromatic carbocycles. The van der Waals surface area contributed by atoms with E-state index in [-0.39, 0.29) is 17.0 Å². The summed E-state index contributed by atoms with van der Waals surface area (Å²) in [7, 11) is 1.16. The summed E-state index contributed by atoms with van der Waals surface area (Å²) in [5.74, 6) is -3.48. The highest BCUT2D eigenvalue weighted by atomic mass is 16.6. The fourth-order valence-electron chi connectivity index (χ4n) is 3.67. The van der Waals surface area contributed by atoms with Crippen LogP contribution < -0.4 is 5.73 Å². The molecular formula is C23H29N3O8. The minimum atomic E-state index is -2.63. The molecule has 0 spiro atoms. The molecule has 11 heteroatoms. The molecule has 34 heavy (non-hydrogen) atoms. The lowest BCUT2D eigenvalue weighted by molar-refractivity contribution is -0.384. The maximum absolute atomic E-state index is 13.2. The van der Waals surface area contributed by atoms with Gasteiger partial charge in [0.1, 0.15) is 5.60 Å². The van der Waals surface area contributed by atoms with Crippen LogP contribution in [0.25, 0.3) is 0 Å². The number of carbonyl (C=O) groups is 3. The van der Waals surface area contributed by atoms with Crippen LogP contribution in [-0.4, -0.2) is 51.2 Å². The molecule has 1 aliphatic heterocycles. The number of nitrogens with zero attached hydrogens (tertiary/aromatic N) is 2. The van der Waals surface area contributed by atoms with Crippen LogP contribution in [-0.2, 0) is 23.9 Å². The van der Waals surface area contributed by atoms with Crippen molar-refractivity contribution in [3.8, 4) is 0 Å². The fraction of sp³-hybridized carbons (Fsp3) is 0.435. The van der Waals surface area contributed by atoms with E-state index < -0.39 is 46.4 Å².